The molecule has 1 atom stereocenters. The maximum Gasteiger partial charge on any atom is 0.239 e. The van der Waals surface area contributed by atoms with Gasteiger partial charge in [-0.25, -0.2) is 4.39 Å². The molecule has 2 aromatic carbocycles. The second kappa shape index (κ2) is 8.39. The monoisotopic (exact) mass is 423 g/mol. The van der Waals surface area contributed by atoms with Crippen molar-refractivity contribution in [1.82, 2.24) is 24.9 Å². The maximum absolute atomic E-state index is 14.5. The number of benzene rings is 2. The van der Waals surface area contributed by atoms with Crippen molar-refractivity contribution in [3.05, 3.63) is 71.6 Å². The Morgan fingerprint density at radius 2 is 1.73 bits per heavy atom. The Kier molecular flexibility index (Phi) is 5.67. The fraction of sp³-hybridized carbons (Fsp3) is 0.273. The van der Waals surface area contributed by atoms with E-state index in [0.717, 1.165) is 11.3 Å². The summed E-state index contributed by atoms with van der Waals surface area (Å²) in [5, 5.41) is 13.2. The van der Waals surface area contributed by atoms with E-state index in [1.807, 2.05) is 56.5 Å². The molecular weight excluding hydrogens is 401 g/mol. The fourth-order valence-corrected chi connectivity index (χ4v) is 3.84. The first-order valence-electron chi connectivity index (χ1n) is 9.71. The molecule has 0 saturated heterocycles. The summed E-state index contributed by atoms with van der Waals surface area (Å²) in [6, 6.07) is 14.5. The van der Waals surface area contributed by atoms with Crippen molar-refractivity contribution in [2.75, 3.05) is 0 Å². The third kappa shape index (κ3) is 4.00. The van der Waals surface area contributed by atoms with Crippen LogP contribution in [0.1, 0.15) is 49.2 Å². The Morgan fingerprint density at radius 3 is 2.40 bits per heavy atom. The molecule has 0 fully saturated rings. The van der Waals surface area contributed by atoms with Gasteiger partial charge in [-0.2, -0.15) is 4.98 Å². The van der Waals surface area contributed by atoms with Crippen molar-refractivity contribution in [2.45, 2.75) is 44.0 Å². The Hall–Kier alpha value is -3.00. The summed E-state index contributed by atoms with van der Waals surface area (Å²) in [7, 11) is 0. The van der Waals surface area contributed by atoms with Gasteiger partial charge in [0.1, 0.15) is 5.82 Å². The molecule has 0 aliphatic carbocycles. The van der Waals surface area contributed by atoms with E-state index in [1.54, 1.807) is 18.2 Å². The second-order valence-electron chi connectivity index (χ2n) is 7.36. The topological polar surface area (TPSA) is 69.6 Å². The van der Waals surface area contributed by atoms with E-state index in [9.17, 15) is 4.39 Å². The van der Waals surface area contributed by atoms with Gasteiger partial charge >= 0.3 is 0 Å². The number of aromatic nitrogens is 5. The minimum atomic E-state index is -0.346. The quantitative estimate of drug-likeness (QED) is 0.368. The number of hydrogen-bond acceptors (Lipinski definition) is 6. The molecule has 2 heterocycles. The number of thioether (sulfide) groups is 1. The summed E-state index contributed by atoms with van der Waals surface area (Å²) in [4.78, 5) is 4.48. The van der Waals surface area contributed by atoms with E-state index >= 15 is 0 Å². The SMILES string of the molecule is Cc1ccc(-n2c(SC(C)c3nc(C(C)C)no3)nnc2-c2ccccc2F)cc1. The first-order chi connectivity index (χ1) is 14.4. The molecular formula is C22H22FN5OS. The molecule has 0 spiro atoms. The van der Waals surface area contributed by atoms with Crippen molar-refractivity contribution >= 4 is 11.8 Å². The highest BCUT2D eigenvalue weighted by Gasteiger charge is 2.23. The summed E-state index contributed by atoms with van der Waals surface area (Å²) in [5.41, 5.74) is 2.38. The van der Waals surface area contributed by atoms with E-state index in [0.29, 0.717) is 28.3 Å². The Labute approximate surface area is 178 Å². The van der Waals surface area contributed by atoms with Crippen LogP contribution in [0.15, 0.2) is 58.2 Å². The summed E-state index contributed by atoms with van der Waals surface area (Å²) in [6.45, 7) is 8.02. The minimum Gasteiger partial charge on any atom is -0.338 e. The highest BCUT2D eigenvalue weighted by Crippen LogP contribution is 2.37. The van der Waals surface area contributed by atoms with E-state index in [2.05, 4.69) is 20.3 Å². The van der Waals surface area contributed by atoms with Crippen LogP contribution in [0.5, 0.6) is 0 Å². The minimum absolute atomic E-state index is 0.146. The summed E-state index contributed by atoms with van der Waals surface area (Å²) < 4.78 is 21.8. The Bertz CT molecular complexity index is 1150. The molecule has 4 rings (SSSR count). The van der Waals surface area contributed by atoms with E-state index < -0.39 is 0 Å². The maximum atomic E-state index is 14.5. The standard InChI is InChI=1S/C22H22FN5OS/c1-13(2)19-24-21(29-27-19)15(4)30-22-26-25-20(17-7-5-6-8-18(17)23)28(22)16-11-9-14(3)10-12-16/h5-13,15H,1-4H3. The average Bonchev–Trinajstić information content (AvgIpc) is 3.37. The molecule has 0 aliphatic heterocycles. The molecule has 0 aliphatic rings. The molecule has 1 unspecified atom stereocenters. The van der Waals surface area contributed by atoms with Gasteiger partial charge in [0, 0.05) is 11.6 Å². The van der Waals surface area contributed by atoms with E-state index in [-0.39, 0.29) is 17.0 Å². The van der Waals surface area contributed by atoms with E-state index in [4.69, 9.17) is 4.52 Å². The van der Waals surface area contributed by atoms with E-state index in [1.165, 1.54) is 17.8 Å². The largest absolute Gasteiger partial charge is 0.338 e. The predicted molar refractivity (Wildman–Crippen MR) is 114 cm³/mol. The van der Waals surface area contributed by atoms with Crippen LogP contribution in [-0.2, 0) is 0 Å². The van der Waals surface area contributed by atoms with Gasteiger partial charge in [-0.1, -0.05) is 60.6 Å². The lowest BCUT2D eigenvalue weighted by Crippen LogP contribution is -2.02. The predicted octanol–water partition coefficient (Wildman–Crippen LogP) is 5.74. The highest BCUT2D eigenvalue weighted by atomic mass is 32.2. The number of hydrogen-bond donors (Lipinski definition) is 0. The molecule has 8 heteroatoms. The Balaban J connectivity index is 1.76. The van der Waals surface area contributed by atoms with Crippen LogP contribution in [-0.4, -0.2) is 24.9 Å². The number of nitrogens with zero attached hydrogens (tertiary/aromatic N) is 5. The first kappa shape index (κ1) is 20.3. The van der Waals surface area contributed by atoms with Crippen LogP contribution in [0.4, 0.5) is 4.39 Å². The number of halogens is 1. The van der Waals surface area contributed by atoms with Crippen molar-refractivity contribution in [3.8, 4) is 17.1 Å². The van der Waals surface area contributed by atoms with Crippen LogP contribution in [0.25, 0.3) is 17.1 Å². The zero-order valence-corrected chi connectivity index (χ0v) is 18.0. The average molecular weight is 424 g/mol. The van der Waals surface area contributed by atoms with Gasteiger partial charge < -0.3 is 4.52 Å². The smallest absolute Gasteiger partial charge is 0.239 e. The molecule has 0 radical (unpaired) electrons. The fourth-order valence-electron chi connectivity index (χ4n) is 2.95. The van der Waals surface area contributed by atoms with Crippen LogP contribution in [0, 0.1) is 12.7 Å². The Morgan fingerprint density at radius 1 is 1.00 bits per heavy atom. The molecule has 0 saturated carbocycles. The van der Waals surface area contributed by atoms with Crippen LogP contribution in [0.2, 0.25) is 0 Å². The molecule has 4 aromatic rings. The summed E-state index contributed by atoms with van der Waals surface area (Å²) in [6.07, 6.45) is 0. The van der Waals surface area contributed by atoms with Gasteiger partial charge in [0.2, 0.25) is 5.89 Å². The zero-order valence-electron chi connectivity index (χ0n) is 17.2. The van der Waals surface area contributed by atoms with Crippen LogP contribution >= 0.6 is 11.8 Å². The molecule has 0 bridgehead atoms. The van der Waals surface area contributed by atoms with Gasteiger partial charge in [-0.3, -0.25) is 4.57 Å². The van der Waals surface area contributed by atoms with Crippen molar-refractivity contribution < 1.29 is 8.91 Å². The van der Waals surface area contributed by atoms with Crippen LogP contribution < -0.4 is 0 Å². The van der Waals surface area contributed by atoms with Gasteiger partial charge in [-0.15, -0.1) is 10.2 Å². The first-order valence-corrected chi connectivity index (χ1v) is 10.6. The van der Waals surface area contributed by atoms with Crippen molar-refractivity contribution in [2.24, 2.45) is 0 Å². The van der Waals surface area contributed by atoms with Gasteiger partial charge in [0.15, 0.2) is 16.8 Å². The third-order valence-corrected chi connectivity index (χ3v) is 5.67. The molecule has 0 amide bonds. The van der Waals surface area contributed by atoms with Gasteiger partial charge in [0.05, 0.1) is 10.8 Å². The molecule has 30 heavy (non-hydrogen) atoms. The molecule has 154 valence electrons. The number of aryl methyl sites for hydroxylation is 1. The lowest BCUT2D eigenvalue weighted by atomic mass is 10.2. The number of rotatable bonds is 6. The lowest BCUT2D eigenvalue weighted by Gasteiger charge is -2.12. The molecule has 0 N–H and O–H groups in total. The highest BCUT2D eigenvalue weighted by molar-refractivity contribution is 7.99. The van der Waals surface area contributed by atoms with Crippen molar-refractivity contribution in [3.63, 3.8) is 0 Å². The van der Waals surface area contributed by atoms with Gasteiger partial charge in [-0.05, 0) is 38.1 Å². The molecule has 2 aromatic heterocycles. The molecule has 6 nitrogen and oxygen atoms in total. The zero-order chi connectivity index (χ0) is 21.3. The lowest BCUT2D eigenvalue weighted by molar-refractivity contribution is 0.373. The summed E-state index contributed by atoms with van der Waals surface area (Å²) >= 11 is 1.44. The van der Waals surface area contributed by atoms with Crippen LogP contribution in [0.3, 0.4) is 0 Å². The van der Waals surface area contributed by atoms with Gasteiger partial charge in [0.25, 0.3) is 0 Å². The van der Waals surface area contributed by atoms with Crippen molar-refractivity contribution in [1.29, 1.82) is 0 Å². The third-order valence-electron chi connectivity index (χ3n) is 4.64. The normalized spacial score (nSPS) is 12.5. The summed E-state index contributed by atoms with van der Waals surface area (Å²) in [5.74, 6) is 1.48. The second-order valence-corrected chi connectivity index (χ2v) is 8.67.